The van der Waals surface area contributed by atoms with Gasteiger partial charge in [0.2, 0.25) is 0 Å². The zero-order chi connectivity index (χ0) is 27.0. The first-order valence-electron chi connectivity index (χ1n) is 13.0. The molecular formula is C29H33Cl2N5O2. The molecular weight excluding hydrogens is 521 g/mol. The van der Waals surface area contributed by atoms with E-state index in [0.29, 0.717) is 42.8 Å². The van der Waals surface area contributed by atoms with E-state index in [2.05, 4.69) is 33.5 Å². The molecule has 9 heteroatoms. The number of halogens is 2. The average molecular weight is 555 g/mol. The van der Waals surface area contributed by atoms with Gasteiger partial charge in [-0.25, -0.2) is 9.78 Å². The van der Waals surface area contributed by atoms with Crippen molar-refractivity contribution in [2.24, 2.45) is 0 Å². The van der Waals surface area contributed by atoms with E-state index >= 15 is 0 Å². The number of amides is 1. The van der Waals surface area contributed by atoms with Gasteiger partial charge in [0.25, 0.3) is 0 Å². The summed E-state index contributed by atoms with van der Waals surface area (Å²) in [5.74, 6) is 1.02. The van der Waals surface area contributed by atoms with Crippen LogP contribution in [0.4, 0.5) is 4.79 Å². The molecule has 1 aliphatic carbocycles. The number of carbonyl (C=O) groups is 1. The zero-order valence-corrected chi connectivity index (χ0v) is 23.8. The Kier molecular flexibility index (Phi) is 7.54. The monoisotopic (exact) mass is 553 g/mol. The molecule has 7 nitrogen and oxygen atoms in total. The number of benzene rings is 1. The van der Waals surface area contributed by atoms with Crippen molar-refractivity contribution in [1.82, 2.24) is 24.3 Å². The predicted octanol–water partition coefficient (Wildman–Crippen LogP) is 6.34. The third-order valence-electron chi connectivity index (χ3n) is 6.95. The fourth-order valence-electron chi connectivity index (χ4n) is 5.23. The molecule has 0 saturated carbocycles. The Labute approximate surface area is 234 Å². The quantitative estimate of drug-likeness (QED) is 0.377. The molecule has 1 aliphatic heterocycles. The number of ether oxygens (including phenoxy) is 1. The zero-order valence-electron chi connectivity index (χ0n) is 22.2. The highest BCUT2D eigenvalue weighted by Crippen LogP contribution is 2.41. The van der Waals surface area contributed by atoms with Crippen LogP contribution in [0, 0.1) is 0 Å². The van der Waals surface area contributed by atoms with E-state index in [1.807, 2.05) is 51.4 Å². The number of rotatable bonds is 4. The molecule has 0 radical (unpaired) electrons. The number of nitrogens with zero attached hydrogens (tertiary/aromatic N) is 5. The number of piperazine rings is 1. The van der Waals surface area contributed by atoms with Gasteiger partial charge in [-0.2, -0.15) is 0 Å². The number of pyridine rings is 1. The number of fused-ring (bicyclic) bond motifs is 2. The van der Waals surface area contributed by atoms with Gasteiger partial charge >= 0.3 is 6.09 Å². The second-order valence-electron chi connectivity index (χ2n) is 10.8. The van der Waals surface area contributed by atoms with Crippen LogP contribution >= 0.6 is 23.2 Å². The summed E-state index contributed by atoms with van der Waals surface area (Å²) >= 11 is 13.0. The van der Waals surface area contributed by atoms with Crippen molar-refractivity contribution in [1.29, 1.82) is 0 Å². The summed E-state index contributed by atoms with van der Waals surface area (Å²) in [6.07, 6.45) is 8.34. The van der Waals surface area contributed by atoms with E-state index in [1.165, 1.54) is 0 Å². The molecule has 38 heavy (non-hydrogen) atoms. The van der Waals surface area contributed by atoms with Crippen molar-refractivity contribution in [2.75, 3.05) is 26.2 Å². The van der Waals surface area contributed by atoms with Crippen LogP contribution in [0.2, 0.25) is 10.0 Å². The lowest BCUT2D eigenvalue weighted by Crippen LogP contribution is -2.51. The number of allylic oxidation sites excluding steroid dienone is 1. The van der Waals surface area contributed by atoms with Crippen LogP contribution in [0.25, 0.3) is 11.6 Å². The minimum atomic E-state index is -0.523. The molecule has 3 heterocycles. The molecule has 0 spiro atoms. The molecule has 3 aromatic rings. The lowest BCUT2D eigenvalue weighted by molar-refractivity contribution is 0.0118. The number of imidazole rings is 1. The van der Waals surface area contributed by atoms with Crippen molar-refractivity contribution < 1.29 is 9.53 Å². The molecule has 1 atom stereocenters. The van der Waals surface area contributed by atoms with Gasteiger partial charge in [0.05, 0.1) is 16.8 Å². The summed E-state index contributed by atoms with van der Waals surface area (Å²) < 4.78 is 7.78. The minimum Gasteiger partial charge on any atom is -0.444 e. The number of aryl methyl sites for hydroxylation is 1. The van der Waals surface area contributed by atoms with Crippen molar-refractivity contribution in [3.05, 3.63) is 81.1 Å². The van der Waals surface area contributed by atoms with Crippen LogP contribution < -0.4 is 0 Å². The number of carbonyl (C=O) groups excluding carboxylic acids is 1. The lowest BCUT2D eigenvalue weighted by atomic mass is 9.95. The Balaban J connectivity index is 1.53. The molecule has 5 rings (SSSR count). The average Bonchev–Trinajstić information content (AvgIpc) is 3.27. The van der Waals surface area contributed by atoms with Crippen LogP contribution in [-0.4, -0.2) is 62.2 Å². The molecule has 1 unspecified atom stereocenters. The van der Waals surface area contributed by atoms with Crippen molar-refractivity contribution in [3.63, 3.8) is 0 Å². The maximum Gasteiger partial charge on any atom is 0.410 e. The first-order valence-corrected chi connectivity index (χ1v) is 13.8. The van der Waals surface area contributed by atoms with E-state index in [-0.39, 0.29) is 12.1 Å². The second kappa shape index (κ2) is 10.7. The standard InChI is InChI=1S/C29H33Cl2N5O2/c1-5-25-32-8-9-36(25)18-20-14-19-15-21(30)6-7-23(19)27(26-24(20)16-22(31)17-33-26)34-10-12-35(13-11-34)28(37)38-29(2,3)4/h6-9,14-17,27H,5,10-13,18H2,1-4H3. The largest absolute Gasteiger partial charge is 0.444 e. The van der Waals surface area contributed by atoms with Crippen LogP contribution in [0.15, 0.2) is 42.9 Å². The molecule has 1 fully saturated rings. The molecule has 2 aliphatic rings. The van der Waals surface area contributed by atoms with Crippen LogP contribution in [0.3, 0.4) is 0 Å². The molecule has 1 amide bonds. The number of aromatic nitrogens is 3. The molecule has 0 N–H and O–H groups in total. The minimum absolute atomic E-state index is 0.113. The Bertz CT molecular complexity index is 1370. The number of hydrogen-bond acceptors (Lipinski definition) is 5. The maximum atomic E-state index is 12.7. The number of hydrogen-bond donors (Lipinski definition) is 0. The van der Waals surface area contributed by atoms with Crippen molar-refractivity contribution >= 4 is 40.9 Å². The molecule has 2 aromatic heterocycles. The van der Waals surface area contributed by atoms with Gasteiger partial charge < -0.3 is 14.2 Å². The molecule has 1 saturated heterocycles. The van der Waals surface area contributed by atoms with Crippen molar-refractivity contribution in [3.8, 4) is 0 Å². The Hall–Kier alpha value is -2.87. The van der Waals surface area contributed by atoms with Crippen LogP contribution in [-0.2, 0) is 17.7 Å². The highest BCUT2D eigenvalue weighted by Gasteiger charge is 2.35. The molecule has 0 bridgehead atoms. The van der Waals surface area contributed by atoms with E-state index < -0.39 is 5.60 Å². The third-order valence-corrected chi connectivity index (χ3v) is 7.39. The molecule has 200 valence electrons. The molecule has 1 aromatic carbocycles. The van der Waals surface area contributed by atoms with E-state index in [9.17, 15) is 4.79 Å². The smallest absolute Gasteiger partial charge is 0.410 e. The Morgan fingerprint density at radius 2 is 1.84 bits per heavy atom. The van der Waals surface area contributed by atoms with Gasteiger partial charge in [-0.15, -0.1) is 0 Å². The third kappa shape index (κ3) is 5.60. The normalized spacial score (nSPS) is 17.9. The highest BCUT2D eigenvalue weighted by molar-refractivity contribution is 6.31. The first kappa shape index (κ1) is 26.7. The lowest BCUT2D eigenvalue weighted by Gasteiger charge is -2.40. The van der Waals surface area contributed by atoms with E-state index in [1.54, 1.807) is 11.1 Å². The Morgan fingerprint density at radius 1 is 1.08 bits per heavy atom. The van der Waals surface area contributed by atoms with Crippen LogP contribution in [0.5, 0.6) is 0 Å². The second-order valence-corrected chi connectivity index (χ2v) is 11.6. The summed E-state index contributed by atoms with van der Waals surface area (Å²) in [7, 11) is 0. The maximum absolute atomic E-state index is 12.7. The fourth-order valence-corrected chi connectivity index (χ4v) is 5.57. The summed E-state index contributed by atoms with van der Waals surface area (Å²) in [6, 6.07) is 7.94. The topological polar surface area (TPSA) is 63.5 Å². The van der Waals surface area contributed by atoms with Gasteiger partial charge in [-0.3, -0.25) is 9.88 Å². The van der Waals surface area contributed by atoms with Crippen molar-refractivity contribution in [2.45, 2.75) is 52.3 Å². The highest BCUT2D eigenvalue weighted by atomic mass is 35.5. The van der Waals surface area contributed by atoms with Gasteiger partial charge in [-0.05, 0) is 61.7 Å². The van der Waals surface area contributed by atoms with Gasteiger partial charge in [0.1, 0.15) is 11.4 Å². The SMILES string of the molecule is CCc1nccn1CC1=Cc2cc(Cl)ccc2C(N2CCN(C(=O)OC(C)(C)C)CC2)c2ncc(Cl)cc21. The van der Waals surface area contributed by atoms with E-state index in [4.69, 9.17) is 32.9 Å². The van der Waals surface area contributed by atoms with Crippen LogP contribution in [0.1, 0.15) is 61.9 Å². The summed E-state index contributed by atoms with van der Waals surface area (Å²) in [5, 5.41) is 1.27. The van der Waals surface area contributed by atoms with Gasteiger partial charge in [0, 0.05) is 68.3 Å². The summed E-state index contributed by atoms with van der Waals surface area (Å²) in [6.45, 7) is 10.9. The Morgan fingerprint density at radius 3 is 2.55 bits per heavy atom. The van der Waals surface area contributed by atoms with E-state index in [0.717, 1.165) is 40.2 Å². The first-order chi connectivity index (χ1) is 18.1. The predicted molar refractivity (Wildman–Crippen MR) is 151 cm³/mol. The van der Waals surface area contributed by atoms with Gasteiger partial charge in [0.15, 0.2) is 0 Å². The van der Waals surface area contributed by atoms with Gasteiger partial charge in [-0.1, -0.05) is 36.2 Å². The summed E-state index contributed by atoms with van der Waals surface area (Å²) in [4.78, 5) is 26.3. The summed E-state index contributed by atoms with van der Waals surface area (Å²) in [5.41, 5.74) is 4.73. The fraction of sp³-hybridized carbons (Fsp3) is 0.414.